The highest BCUT2D eigenvalue weighted by Gasteiger charge is 2.34. The minimum atomic E-state index is -0.546. The molecule has 132 valence electrons. The van der Waals surface area contributed by atoms with Crippen molar-refractivity contribution in [1.82, 2.24) is 15.1 Å². The summed E-state index contributed by atoms with van der Waals surface area (Å²) in [7, 11) is 0. The maximum atomic E-state index is 12.7. The highest BCUT2D eigenvalue weighted by atomic mass is 35.5. The maximum Gasteiger partial charge on any atom is 0.243 e. The van der Waals surface area contributed by atoms with E-state index in [1.807, 2.05) is 32.0 Å². The zero-order valence-electron chi connectivity index (χ0n) is 14.3. The van der Waals surface area contributed by atoms with Crippen LogP contribution in [0.5, 0.6) is 0 Å². The second-order valence-electron chi connectivity index (χ2n) is 6.15. The molecule has 25 heavy (non-hydrogen) atoms. The fraction of sp³-hybridized carbons (Fsp3) is 0.389. The van der Waals surface area contributed by atoms with E-state index in [4.69, 9.17) is 11.6 Å². The zero-order chi connectivity index (χ0) is 18.0. The van der Waals surface area contributed by atoms with Crippen molar-refractivity contribution in [2.75, 3.05) is 4.90 Å². The number of aryl methyl sites for hydroxylation is 2. The monoisotopic (exact) mass is 360 g/mol. The Morgan fingerprint density at radius 2 is 2.08 bits per heavy atom. The lowest BCUT2D eigenvalue weighted by Gasteiger charge is -2.33. The number of rotatable bonds is 5. The van der Waals surface area contributed by atoms with E-state index in [1.54, 1.807) is 21.7 Å². The van der Waals surface area contributed by atoms with Crippen LogP contribution in [0.15, 0.2) is 30.3 Å². The zero-order valence-corrected chi connectivity index (χ0v) is 15.1. The first-order chi connectivity index (χ1) is 12.0. The quantitative estimate of drug-likeness (QED) is 0.891. The number of hydrogen-bond acceptors (Lipinski definition) is 3. The van der Waals surface area contributed by atoms with Gasteiger partial charge >= 0.3 is 0 Å². The Kier molecular flexibility index (Phi) is 5.08. The van der Waals surface area contributed by atoms with E-state index in [9.17, 15) is 9.59 Å². The third kappa shape index (κ3) is 3.69. The molecule has 1 aromatic carbocycles. The van der Waals surface area contributed by atoms with Crippen molar-refractivity contribution in [3.05, 3.63) is 46.6 Å². The topological polar surface area (TPSA) is 67.2 Å². The van der Waals surface area contributed by atoms with Gasteiger partial charge in [-0.25, -0.2) is 4.68 Å². The molecule has 2 heterocycles. The number of hydrogen-bond donors (Lipinski definition) is 1. The van der Waals surface area contributed by atoms with Crippen LogP contribution in [0, 0.1) is 6.92 Å². The standard InChI is InChI=1S/C18H21ClN4O2/c1-3-15(18(25)20-11-13-4-6-14(19)7-5-13)23-16-10-12(2)21-22(16)9-8-17(23)24/h4-7,10,15H,3,8-9,11H2,1-2H3,(H,20,25). The predicted molar refractivity (Wildman–Crippen MR) is 96.4 cm³/mol. The van der Waals surface area contributed by atoms with Gasteiger partial charge in [0.2, 0.25) is 11.8 Å². The van der Waals surface area contributed by atoms with Crippen molar-refractivity contribution in [3.8, 4) is 0 Å². The van der Waals surface area contributed by atoms with Crippen molar-refractivity contribution in [3.63, 3.8) is 0 Å². The molecule has 2 amide bonds. The predicted octanol–water partition coefficient (Wildman–Crippen LogP) is 2.68. The Hall–Kier alpha value is -2.34. The van der Waals surface area contributed by atoms with Crippen LogP contribution in [0.2, 0.25) is 5.02 Å². The SMILES string of the molecule is CCC(C(=O)NCc1ccc(Cl)cc1)N1C(=O)CCn2nc(C)cc21. The number of carbonyl (C=O) groups excluding carboxylic acids is 2. The third-order valence-corrected chi connectivity index (χ3v) is 4.57. The Morgan fingerprint density at radius 1 is 1.36 bits per heavy atom. The maximum absolute atomic E-state index is 12.7. The molecule has 1 aliphatic rings. The Bertz CT molecular complexity index is 785. The fourth-order valence-corrected chi connectivity index (χ4v) is 3.19. The molecule has 0 radical (unpaired) electrons. The first-order valence-corrected chi connectivity index (χ1v) is 8.76. The summed E-state index contributed by atoms with van der Waals surface area (Å²) in [5, 5.41) is 7.97. The largest absolute Gasteiger partial charge is 0.350 e. The summed E-state index contributed by atoms with van der Waals surface area (Å²) in [6.07, 6.45) is 0.886. The molecule has 7 heteroatoms. The van der Waals surface area contributed by atoms with Gasteiger partial charge in [0.05, 0.1) is 12.2 Å². The molecule has 1 N–H and O–H groups in total. The summed E-state index contributed by atoms with van der Waals surface area (Å²) < 4.78 is 1.80. The van der Waals surface area contributed by atoms with Crippen LogP contribution in [-0.4, -0.2) is 27.6 Å². The molecule has 1 atom stereocenters. The average molecular weight is 361 g/mol. The average Bonchev–Trinajstić information content (AvgIpc) is 2.97. The van der Waals surface area contributed by atoms with E-state index in [1.165, 1.54) is 0 Å². The van der Waals surface area contributed by atoms with Crippen LogP contribution < -0.4 is 10.2 Å². The van der Waals surface area contributed by atoms with Crippen molar-refractivity contribution < 1.29 is 9.59 Å². The lowest BCUT2D eigenvalue weighted by atomic mass is 10.1. The Balaban J connectivity index is 1.75. The van der Waals surface area contributed by atoms with Crippen LogP contribution >= 0.6 is 11.6 Å². The molecule has 0 saturated carbocycles. The van der Waals surface area contributed by atoms with Crippen LogP contribution in [0.4, 0.5) is 5.82 Å². The lowest BCUT2D eigenvalue weighted by molar-refractivity contribution is -0.127. The molecular weight excluding hydrogens is 340 g/mol. The van der Waals surface area contributed by atoms with Gasteiger partial charge in [0.15, 0.2) is 0 Å². The van der Waals surface area contributed by atoms with Crippen LogP contribution in [0.1, 0.15) is 31.0 Å². The molecule has 1 aliphatic heterocycles. The summed E-state index contributed by atoms with van der Waals surface area (Å²) in [4.78, 5) is 26.8. The number of nitrogens with one attached hydrogen (secondary N) is 1. The number of aromatic nitrogens is 2. The summed E-state index contributed by atoms with van der Waals surface area (Å²) in [6, 6.07) is 8.62. The van der Waals surface area contributed by atoms with Crippen molar-refractivity contribution in [1.29, 1.82) is 0 Å². The van der Waals surface area contributed by atoms with E-state index in [0.29, 0.717) is 36.8 Å². The molecule has 1 aromatic heterocycles. The third-order valence-electron chi connectivity index (χ3n) is 4.31. The first kappa shape index (κ1) is 17.5. The molecule has 0 fully saturated rings. The highest BCUT2D eigenvalue weighted by molar-refractivity contribution is 6.30. The van der Waals surface area contributed by atoms with Gasteiger partial charge in [-0.1, -0.05) is 30.7 Å². The molecule has 1 unspecified atom stereocenters. The second kappa shape index (κ2) is 7.27. The van der Waals surface area contributed by atoms with E-state index in [2.05, 4.69) is 10.4 Å². The number of benzene rings is 1. The summed E-state index contributed by atoms with van der Waals surface area (Å²) in [5.74, 6) is 0.487. The summed E-state index contributed by atoms with van der Waals surface area (Å²) >= 11 is 5.87. The van der Waals surface area contributed by atoms with Gasteiger partial charge in [0.25, 0.3) is 0 Å². The molecule has 6 nitrogen and oxygen atoms in total. The smallest absolute Gasteiger partial charge is 0.243 e. The van der Waals surface area contributed by atoms with Crippen molar-refractivity contribution in [2.45, 2.75) is 45.8 Å². The van der Waals surface area contributed by atoms with Gasteiger partial charge < -0.3 is 5.32 Å². The van der Waals surface area contributed by atoms with Crippen molar-refractivity contribution >= 4 is 29.2 Å². The number of halogens is 1. The van der Waals surface area contributed by atoms with E-state index >= 15 is 0 Å². The van der Waals surface area contributed by atoms with E-state index in [0.717, 1.165) is 11.3 Å². The Morgan fingerprint density at radius 3 is 2.76 bits per heavy atom. The van der Waals surface area contributed by atoms with Gasteiger partial charge in [0, 0.05) is 24.1 Å². The number of anilines is 1. The summed E-state index contributed by atoms with van der Waals surface area (Å²) in [5.41, 5.74) is 1.80. The van der Waals surface area contributed by atoms with Gasteiger partial charge in [0.1, 0.15) is 11.9 Å². The fourth-order valence-electron chi connectivity index (χ4n) is 3.07. The minimum absolute atomic E-state index is 0.0408. The lowest BCUT2D eigenvalue weighted by Crippen LogP contribution is -2.52. The summed E-state index contributed by atoms with van der Waals surface area (Å²) in [6.45, 7) is 4.74. The van der Waals surface area contributed by atoms with E-state index < -0.39 is 6.04 Å². The van der Waals surface area contributed by atoms with Gasteiger partial charge in [-0.15, -0.1) is 0 Å². The second-order valence-corrected chi connectivity index (χ2v) is 6.59. The molecule has 3 rings (SSSR count). The van der Waals surface area contributed by atoms with Crippen LogP contribution in [0.3, 0.4) is 0 Å². The molecule has 0 saturated heterocycles. The van der Waals surface area contributed by atoms with Crippen LogP contribution in [-0.2, 0) is 22.7 Å². The molecule has 0 aliphatic carbocycles. The first-order valence-electron chi connectivity index (χ1n) is 8.38. The highest BCUT2D eigenvalue weighted by Crippen LogP contribution is 2.26. The van der Waals surface area contributed by atoms with Crippen LogP contribution in [0.25, 0.3) is 0 Å². The van der Waals surface area contributed by atoms with Gasteiger partial charge in [-0.2, -0.15) is 5.10 Å². The molecule has 0 spiro atoms. The molecule has 0 bridgehead atoms. The number of fused-ring (bicyclic) bond motifs is 1. The minimum Gasteiger partial charge on any atom is -0.350 e. The number of nitrogens with zero attached hydrogens (tertiary/aromatic N) is 3. The number of carbonyl (C=O) groups is 2. The van der Waals surface area contributed by atoms with E-state index in [-0.39, 0.29) is 11.8 Å². The van der Waals surface area contributed by atoms with Gasteiger partial charge in [-0.3, -0.25) is 14.5 Å². The molecular formula is C18H21ClN4O2. The Labute approximate surface area is 151 Å². The normalized spacial score (nSPS) is 15.0. The molecule has 2 aromatic rings. The van der Waals surface area contributed by atoms with Crippen molar-refractivity contribution in [2.24, 2.45) is 0 Å². The van der Waals surface area contributed by atoms with Gasteiger partial charge in [-0.05, 0) is 31.0 Å². The number of amides is 2.